The Morgan fingerprint density at radius 3 is 2.50 bits per heavy atom. The predicted octanol–water partition coefficient (Wildman–Crippen LogP) is 5.79. The van der Waals surface area contributed by atoms with Gasteiger partial charge in [0.1, 0.15) is 6.29 Å². The third-order valence-electron chi connectivity index (χ3n) is 8.19. The first-order chi connectivity index (χ1) is 10.3. The number of aldehydes is 1. The quantitative estimate of drug-likeness (QED) is 0.466. The second-order valence-corrected chi connectivity index (χ2v) is 9.64. The van der Waals surface area contributed by atoms with Crippen molar-refractivity contribution in [1.29, 1.82) is 0 Å². The summed E-state index contributed by atoms with van der Waals surface area (Å²) in [6, 6.07) is 0. The molecule has 0 aromatic rings. The van der Waals surface area contributed by atoms with E-state index in [2.05, 4.69) is 40.7 Å². The summed E-state index contributed by atoms with van der Waals surface area (Å²) in [4.78, 5) is 11.3. The van der Waals surface area contributed by atoms with Gasteiger partial charge in [-0.1, -0.05) is 45.8 Å². The maximum Gasteiger partial charge on any atom is 0.120 e. The summed E-state index contributed by atoms with van der Waals surface area (Å²) in [7, 11) is 0. The Balaban J connectivity index is 2.02. The SMILES string of the molecule is CC1=CC[C@H]2[C@]3(C)CCCC(C)(C)[C@H]3CC[C@]2(C)[C@H]1CC=O. The molecule has 2 fully saturated rings. The molecule has 0 aromatic heterocycles. The summed E-state index contributed by atoms with van der Waals surface area (Å²) in [6.45, 7) is 12.4. The average Bonchev–Trinajstić information content (AvgIpc) is 2.41. The highest BCUT2D eigenvalue weighted by molar-refractivity contribution is 5.51. The summed E-state index contributed by atoms with van der Waals surface area (Å²) >= 11 is 0. The molecule has 5 atom stereocenters. The van der Waals surface area contributed by atoms with E-state index in [1.807, 2.05) is 0 Å². The van der Waals surface area contributed by atoms with Crippen molar-refractivity contribution in [2.45, 2.75) is 79.6 Å². The lowest BCUT2D eigenvalue weighted by Crippen LogP contribution is -2.57. The van der Waals surface area contributed by atoms with Crippen molar-refractivity contribution in [3.63, 3.8) is 0 Å². The van der Waals surface area contributed by atoms with E-state index in [0.29, 0.717) is 22.2 Å². The topological polar surface area (TPSA) is 17.1 Å². The van der Waals surface area contributed by atoms with Gasteiger partial charge in [-0.3, -0.25) is 0 Å². The van der Waals surface area contributed by atoms with Crippen LogP contribution >= 0.6 is 0 Å². The van der Waals surface area contributed by atoms with Crippen molar-refractivity contribution in [1.82, 2.24) is 0 Å². The van der Waals surface area contributed by atoms with E-state index in [1.54, 1.807) is 0 Å². The first-order valence-corrected chi connectivity index (χ1v) is 9.36. The van der Waals surface area contributed by atoms with Gasteiger partial charge < -0.3 is 4.79 Å². The Morgan fingerprint density at radius 2 is 1.82 bits per heavy atom. The fraction of sp³-hybridized carbons (Fsp3) is 0.857. The van der Waals surface area contributed by atoms with E-state index in [1.165, 1.54) is 44.1 Å². The number of fused-ring (bicyclic) bond motifs is 3. The molecule has 0 N–H and O–H groups in total. The molecule has 0 unspecified atom stereocenters. The van der Waals surface area contributed by atoms with Gasteiger partial charge in [0.25, 0.3) is 0 Å². The summed E-state index contributed by atoms with van der Waals surface area (Å²) in [6.07, 6.45) is 12.4. The van der Waals surface area contributed by atoms with E-state index in [-0.39, 0.29) is 0 Å². The molecule has 124 valence electrons. The zero-order chi connectivity index (χ0) is 16.2. The van der Waals surface area contributed by atoms with E-state index in [9.17, 15) is 4.79 Å². The Labute approximate surface area is 136 Å². The second kappa shape index (κ2) is 5.21. The van der Waals surface area contributed by atoms with Crippen LogP contribution in [-0.2, 0) is 4.79 Å². The zero-order valence-electron chi connectivity index (χ0n) is 15.2. The first kappa shape index (κ1) is 16.3. The fourth-order valence-electron chi connectivity index (χ4n) is 7.16. The van der Waals surface area contributed by atoms with E-state index in [4.69, 9.17) is 0 Å². The Hall–Kier alpha value is -0.590. The monoisotopic (exact) mass is 302 g/mol. The minimum Gasteiger partial charge on any atom is -0.303 e. The minimum atomic E-state index is 0.332. The van der Waals surface area contributed by atoms with Gasteiger partial charge in [-0.15, -0.1) is 0 Å². The van der Waals surface area contributed by atoms with Gasteiger partial charge >= 0.3 is 0 Å². The number of hydrogen-bond acceptors (Lipinski definition) is 1. The first-order valence-electron chi connectivity index (χ1n) is 9.36. The molecule has 0 heterocycles. The Morgan fingerprint density at radius 1 is 1.09 bits per heavy atom. The van der Waals surface area contributed by atoms with Crippen molar-refractivity contribution in [3.8, 4) is 0 Å². The molecule has 0 amide bonds. The van der Waals surface area contributed by atoms with E-state index >= 15 is 0 Å². The Bertz CT molecular complexity index is 488. The third kappa shape index (κ3) is 2.14. The summed E-state index contributed by atoms with van der Waals surface area (Å²) in [5, 5.41) is 0. The lowest BCUT2D eigenvalue weighted by molar-refractivity contribution is -0.147. The van der Waals surface area contributed by atoms with Crippen LogP contribution in [0.2, 0.25) is 0 Å². The van der Waals surface area contributed by atoms with Crippen LogP contribution in [-0.4, -0.2) is 6.29 Å². The largest absolute Gasteiger partial charge is 0.303 e. The molecular weight excluding hydrogens is 268 g/mol. The smallest absolute Gasteiger partial charge is 0.120 e. The molecule has 1 nitrogen and oxygen atoms in total. The van der Waals surface area contributed by atoms with Crippen molar-refractivity contribution in [3.05, 3.63) is 11.6 Å². The number of carbonyl (C=O) groups excluding carboxylic acids is 1. The van der Waals surface area contributed by atoms with Gasteiger partial charge in [-0.05, 0) is 73.0 Å². The molecular formula is C21H34O. The van der Waals surface area contributed by atoms with Gasteiger partial charge in [-0.25, -0.2) is 0 Å². The lowest BCUT2D eigenvalue weighted by atomic mass is 9.39. The summed E-state index contributed by atoms with van der Waals surface area (Å²) in [5.74, 6) is 2.09. The van der Waals surface area contributed by atoms with Gasteiger partial charge in [0.15, 0.2) is 0 Å². The molecule has 0 aromatic carbocycles. The molecule has 2 saturated carbocycles. The number of allylic oxidation sites excluding steroid dienone is 2. The zero-order valence-corrected chi connectivity index (χ0v) is 15.2. The lowest BCUT2D eigenvalue weighted by Gasteiger charge is -2.65. The Kier molecular flexibility index (Phi) is 3.86. The number of carbonyl (C=O) groups is 1. The number of rotatable bonds is 2. The van der Waals surface area contributed by atoms with Gasteiger partial charge in [0.05, 0.1) is 0 Å². The van der Waals surface area contributed by atoms with Crippen LogP contribution < -0.4 is 0 Å². The molecule has 3 aliphatic rings. The maximum atomic E-state index is 11.3. The van der Waals surface area contributed by atoms with Crippen molar-refractivity contribution >= 4 is 6.29 Å². The second-order valence-electron chi connectivity index (χ2n) is 9.64. The fourth-order valence-corrected chi connectivity index (χ4v) is 7.16. The maximum absolute atomic E-state index is 11.3. The van der Waals surface area contributed by atoms with Gasteiger partial charge in [0.2, 0.25) is 0 Å². The molecule has 0 saturated heterocycles. The van der Waals surface area contributed by atoms with Crippen LogP contribution in [0.5, 0.6) is 0 Å². The molecule has 3 rings (SSSR count). The molecule has 3 aliphatic carbocycles. The molecule has 0 aliphatic heterocycles. The number of hydrogen-bond donors (Lipinski definition) is 0. The van der Waals surface area contributed by atoms with E-state index in [0.717, 1.165) is 24.5 Å². The van der Waals surface area contributed by atoms with Crippen LogP contribution in [0.15, 0.2) is 11.6 Å². The van der Waals surface area contributed by atoms with Crippen molar-refractivity contribution in [2.75, 3.05) is 0 Å². The molecule has 1 heteroatoms. The van der Waals surface area contributed by atoms with Crippen LogP contribution in [0.3, 0.4) is 0 Å². The highest BCUT2D eigenvalue weighted by Gasteiger charge is 2.60. The van der Waals surface area contributed by atoms with Crippen LogP contribution in [0.1, 0.15) is 79.6 Å². The molecule has 0 spiro atoms. The normalized spacial score (nSPS) is 47.1. The molecule has 0 bridgehead atoms. The summed E-state index contributed by atoms with van der Waals surface area (Å²) in [5.41, 5.74) is 2.76. The molecule has 22 heavy (non-hydrogen) atoms. The van der Waals surface area contributed by atoms with Gasteiger partial charge in [-0.2, -0.15) is 0 Å². The molecule has 0 radical (unpaired) electrons. The van der Waals surface area contributed by atoms with E-state index < -0.39 is 0 Å². The standard InChI is InChI=1S/C21H34O/c1-15-7-8-18-20(4,16(15)10-14-22)13-9-17-19(2,3)11-6-12-21(17,18)5/h7,14,16-18H,6,8-13H2,1-5H3/t16-,17+,18+,20+,21+/m0/s1. The third-order valence-corrected chi connectivity index (χ3v) is 8.19. The van der Waals surface area contributed by atoms with Crippen molar-refractivity contribution in [2.24, 2.45) is 34.0 Å². The van der Waals surface area contributed by atoms with Crippen LogP contribution in [0, 0.1) is 34.0 Å². The van der Waals surface area contributed by atoms with Crippen molar-refractivity contribution < 1.29 is 4.79 Å². The van der Waals surface area contributed by atoms with Crippen LogP contribution in [0.4, 0.5) is 0 Å². The van der Waals surface area contributed by atoms with Gasteiger partial charge in [0, 0.05) is 6.42 Å². The summed E-state index contributed by atoms with van der Waals surface area (Å²) < 4.78 is 0. The highest BCUT2D eigenvalue weighted by Crippen LogP contribution is 2.68. The van der Waals surface area contributed by atoms with Crippen LogP contribution in [0.25, 0.3) is 0 Å². The minimum absolute atomic E-state index is 0.332. The predicted molar refractivity (Wildman–Crippen MR) is 92.6 cm³/mol. The average molecular weight is 303 g/mol. The highest BCUT2D eigenvalue weighted by atomic mass is 16.1.